The average Bonchev–Trinajstić information content (AvgIpc) is 2.66. The second-order valence-corrected chi connectivity index (χ2v) is 6.00. The van der Waals surface area contributed by atoms with Crippen molar-refractivity contribution < 1.29 is 32.4 Å². The molecule has 0 radical (unpaired) electrons. The van der Waals surface area contributed by atoms with Gasteiger partial charge in [0.05, 0.1) is 25.9 Å². The minimum Gasteiger partial charge on any atom is -0.436 e. The fraction of sp³-hybridized carbons (Fsp3) is 0.727. The van der Waals surface area contributed by atoms with Gasteiger partial charge in [-0.15, -0.1) is 6.58 Å². The Morgan fingerprint density at radius 3 is 2.89 bits per heavy atom. The van der Waals surface area contributed by atoms with Gasteiger partial charge in [0.1, 0.15) is 0 Å². The second kappa shape index (κ2) is 6.15. The van der Waals surface area contributed by atoms with Crippen LogP contribution in [0.5, 0.6) is 0 Å². The molecule has 0 aromatic rings. The van der Waals surface area contributed by atoms with Crippen LogP contribution in [0.25, 0.3) is 0 Å². The lowest BCUT2D eigenvalue weighted by Gasteiger charge is -2.16. The van der Waals surface area contributed by atoms with Gasteiger partial charge in [0.2, 0.25) is 6.29 Å². The van der Waals surface area contributed by atoms with E-state index in [1.54, 1.807) is 0 Å². The van der Waals surface area contributed by atoms with Crippen molar-refractivity contribution in [3.8, 4) is 0 Å². The van der Waals surface area contributed by atoms with Crippen LogP contribution in [0.4, 0.5) is 0 Å². The van der Waals surface area contributed by atoms with Crippen LogP contribution in [0.2, 0.25) is 0 Å². The molecule has 2 fully saturated rings. The molecule has 108 valence electrons. The maximum atomic E-state index is 12.0. The molecule has 2 aliphatic rings. The Morgan fingerprint density at radius 1 is 1.47 bits per heavy atom. The van der Waals surface area contributed by atoms with Gasteiger partial charge in [-0.2, -0.15) is 0 Å². The molecule has 7 nitrogen and oxygen atoms in total. The zero-order valence-corrected chi connectivity index (χ0v) is 11.5. The Morgan fingerprint density at radius 2 is 2.21 bits per heavy atom. The predicted molar refractivity (Wildman–Crippen MR) is 64.2 cm³/mol. The maximum Gasteiger partial charge on any atom is 0.475 e. The van der Waals surface area contributed by atoms with Gasteiger partial charge in [-0.25, -0.2) is 4.57 Å². The van der Waals surface area contributed by atoms with E-state index in [2.05, 4.69) is 6.58 Å². The molecule has 4 atom stereocenters. The zero-order chi connectivity index (χ0) is 13.9. The summed E-state index contributed by atoms with van der Waals surface area (Å²) in [6.07, 6.45) is 1.05. The molecule has 0 saturated carbocycles. The van der Waals surface area contributed by atoms with E-state index in [1.807, 2.05) is 0 Å². The highest BCUT2D eigenvalue weighted by molar-refractivity contribution is 7.48. The minimum atomic E-state index is -3.53. The first-order valence-electron chi connectivity index (χ1n) is 5.99. The van der Waals surface area contributed by atoms with Gasteiger partial charge in [-0.3, -0.25) is 18.4 Å². The quantitative estimate of drug-likeness (QED) is 0.442. The highest BCUT2D eigenvalue weighted by Crippen LogP contribution is 2.53. The molecule has 0 spiro atoms. The number of carbonyl (C=O) groups excluding carboxylic acids is 1. The van der Waals surface area contributed by atoms with Crippen LogP contribution < -0.4 is 0 Å². The number of esters is 1. The number of phosphoric acid groups is 1. The molecule has 0 aromatic carbocycles. The normalized spacial score (nSPS) is 38.3. The molecule has 0 aromatic heterocycles. The highest BCUT2D eigenvalue weighted by Gasteiger charge is 2.43. The number of hydrogen-bond acceptors (Lipinski definition) is 7. The van der Waals surface area contributed by atoms with Gasteiger partial charge < -0.3 is 9.47 Å². The molecule has 19 heavy (non-hydrogen) atoms. The van der Waals surface area contributed by atoms with E-state index in [-0.39, 0.29) is 31.8 Å². The van der Waals surface area contributed by atoms with Crippen molar-refractivity contribution in [1.82, 2.24) is 0 Å². The summed E-state index contributed by atoms with van der Waals surface area (Å²) in [5, 5.41) is 0. The molecule has 2 rings (SSSR count). The summed E-state index contributed by atoms with van der Waals surface area (Å²) in [7, 11) is -3.53. The Kier molecular flexibility index (Phi) is 4.76. The van der Waals surface area contributed by atoms with E-state index in [9.17, 15) is 9.36 Å². The summed E-state index contributed by atoms with van der Waals surface area (Å²) in [4.78, 5) is 10.9. The molecular weight excluding hydrogens is 275 g/mol. The van der Waals surface area contributed by atoms with Crippen LogP contribution in [0.1, 0.15) is 13.3 Å². The lowest BCUT2D eigenvalue weighted by Crippen LogP contribution is -2.22. The standard InChI is InChI=1S/C11H17O7P/c1-3-4-14-19(13)15-6-9-5-11(17-8(2)12)18-10(9)7-16-19/h3,9-11H,1,4-7H2,2H3/t9-,10-,11?,19?/m1/s1. The van der Waals surface area contributed by atoms with E-state index in [0.717, 1.165) is 0 Å². The lowest BCUT2D eigenvalue weighted by molar-refractivity contribution is -0.174. The zero-order valence-electron chi connectivity index (χ0n) is 10.6. The molecule has 2 unspecified atom stereocenters. The molecule has 8 heteroatoms. The van der Waals surface area contributed by atoms with E-state index in [1.165, 1.54) is 13.0 Å². The van der Waals surface area contributed by atoms with Crippen molar-refractivity contribution in [2.24, 2.45) is 5.92 Å². The minimum absolute atomic E-state index is 0.0347. The Balaban J connectivity index is 1.90. The summed E-state index contributed by atoms with van der Waals surface area (Å²) < 4.78 is 37.9. The van der Waals surface area contributed by atoms with Crippen LogP contribution in [0.15, 0.2) is 12.7 Å². The molecule has 0 aliphatic carbocycles. The molecular formula is C11H17O7P. The smallest absolute Gasteiger partial charge is 0.436 e. The van der Waals surface area contributed by atoms with Crippen LogP contribution in [0.3, 0.4) is 0 Å². The Labute approximate surface area is 111 Å². The first kappa shape index (κ1) is 14.7. The van der Waals surface area contributed by atoms with Gasteiger partial charge in [0.15, 0.2) is 0 Å². The second-order valence-electron chi connectivity index (χ2n) is 4.33. The van der Waals surface area contributed by atoms with Gasteiger partial charge in [0.25, 0.3) is 0 Å². The molecule has 0 amide bonds. The molecule has 2 aliphatic heterocycles. The summed E-state index contributed by atoms with van der Waals surface area (Å²) in [5.74, 6) is -0.434. The summed E-state index contributed by atoms with van der Waals surface area (Å²) in [6.45, 7) is 5.13. The predicted octanol–water partition coefficient (Wildman–Crippen LogP) is 1.64. The third-order valence-electron chi connectivity index (χ3n) is 2.84. The number of carbonyl (C=O) groups is 1. The lowest BCUT2D eigenvalue weighted by atomic mass is 10.0. The highest BCUT2D eigenvalue weighted by atomic mass is 31.2. The van der Waals surface area contributed by atoms with Crippen molar-refractivity contribution in [1.29, 1.82) is 0 Å². The van der Waals surface area contributed by atoms with Gasteiger partial charge in [-0.1, -0.05) is 6.08 Å². The van der Waals surface area contributed by atoms with Crippen molar-refractivity contribution in [2.45, 2.75) is 25.7 Å². The first-order valence-corrected chi connectivity index (χ1v) is 7.46. The fourth-order valence-electron chi connectivity index (χ4n) is 1.98. The van der Waals surface area contributed by atoms with Crippen LogP contribution in [0, 0.1) is 5.92 Å². The molecule has 0 bridgehead atoms. The van der Waals surface area contributed by atoms with E-state index in [0.29, 0.717) is 6.42 Å². The van der Waals surface area contributed by atoms with Crippen LogP contribution in [-0.2, 0) is 32.4 Å². The van der Waals surface area contributed by atoms with Gasteiger partial charge >= 0.3 is 13.8 Å². The number of fused-ring (bicyclic) bond motifs is 1. The van der Waals surface area contributed by atoms with Gasteiger partial charge in [-0.05, 0) is 0 Å². The summed E-state index contributed by atoms with van der Waals surface area (Å²) in [6, 6.07) is 0. The van der Waals surface area contributed by atoms with Crippen molar-refractivity contribution in [2.75, 3.05) is 19.8 Å². The van der Waals surface area contributed by atoms with E-state index >= 15 is 0 Å². The Bertz CT molecular complexity index is 377. The van der Waals surface area contributed by atoms with Crippen LogP contribution in [-0.4, -0.2) is 38.2 Å². The first-order chi connectivity index (χ1) is 9.02. The summed E-state index contributed by atoms with van der Waals surface area (Å²) >= 11 is 0. The molecule has 2 heterocycles. The number of phosphoric ester groups is 1. The Hall–Kier alpha value is -0.720. The molecule has 0 N–H and O–H groups in total. The fourth-order valence-corrected chi connectivity index (χ4v) is 3.20. The molecule has 2 saturated heterocycles. The van der Waals surface area contributed by atoms with E-state index in [4.69, 9.17) is 23.0 Å². The topological polar surface area (TPSA) is 80.3 Å². The van der Waals surface area contributed by atoms with Gasteiger partial charge in [0, 0.05) is 19.3 Å². The largest absolute Gasteiger partial charge is 0.475 e. The SMILES string of the molecule is C=CCOP1(=O)OC[C@H]2CC(OC(C)=O)O[C@@H]2CO1. The van der Waals surface area contributed by atoms with Crippen molar-refractivity contribution in [3.63, 3.8) is 0 Å². The van der Waals surface area contributed by atoms with Crippen LogP contribution >= 0.6 is 7.82 Å². The summed E-state index contributed by atoms with van der Waals surface area (Å²) in [5.41, 5.74) is 0. The number of rotatable bonds is 4. The third kappa shape index (κ3) is 3.87. The maximum absolute atomic E-state index is 12.0. The third-order valence-corrected chi connectivity index (χ3v) is 4.24. The van der Waals surface area contributed by atoms with Crippen molar-refractivity contribution in [3.05, 3.63) is 12.7 Å². The van der Waals surface area contributed by atoms with E-state index < -0.39 is 20.1 Å². The monoisotopic (exact) mass is 292 g/mol. The number of hydrogen-bond donors (Lipinski definition) is 0. The average molecular weight is 292 g/mol. The van der Waals surface area contributed by atoms with Crippen molar-refractivity contribution >= 4 is 13.8 Å². The number of ether oxygens (including phenoxy) is 2.